The molecule has 3 nitrogen and oxygen atoms in total. The molecule has 0 bridgehead atoms. The first kappa shape index (κ1) is 35.6. The van der Waals surface area contributed by atoms with Crippen LogP contribution in [0.2, 0.25) is 0 Å². The van der Waals surface area contributed by atoms with E-state index in [2.05, 4.69) is 185 Å². The van der Waals surface area contributed by atoms with Crippen molar-refractivity contribution in [1.82, 2.24) is 0 Å². The van der Waals surface area contributed by atoms with Gasteiger partial charge in [-0.1, -0.05) is 137 Å². The Morgan fingerprint density at radius 1 is 0.262 bits per heavy atom. The highest BCUT2D eigenvalue weighted by atomic mass is 16.3. The lowest BCUT2D eigenvalue weighted by molar-refractivity contribution is 0.656. The molecule has 15 rings (SSSR count). The number of para-hydroxylation sites is 2. The predicted octanol–water partition coefficient (Wildman–Crippen LogP) is 17.6. The molecular formula is C62H40O3. The Morgan fingerprint density at radius 3 is 1.08 bits per heavy atom. The lowest BCUT2D eigenvalue weighted by Crippen LogP contribution is -2.15. The molecule has 65 heavy (non-hydrogen) atoms. The normalized spacial score (nSPS) is 14.7. The Kier molecular flexibility index (Phi) is 6.57. The Labute approximate surface area is 374 Å². The molecule has 0 aliphatic heterocycles. The van der Waals surface area contributed by atoms with Crippen LogP contribution in [-0.4, -0.2) is 0 Å². The minimum atomic E-state index is -0.266. The minimum Gasteiger partial charge on any atom is -0.456 e. The van der Waals surface area contributed by atoms with Gasteiger partial charge in [0.25, 0.3) is 0 Å². The molecule has 3 heteroatoms. The number of fused-ring (bicyclic) bond motifs is 19. The predicted molar refractivity (Wildman–Crippen MR) is 269 cm³/mol. The molecule has 0 saturated carbocycles. The van der Waals surface area contributed by atoms with E-state index in [0.717, 1.165) is 65.8 Å². The Bertz CT molecular complexity index is 4020. The zero-order chi connectivity index (χ0) is 43.1. The molecular weight excluding hydrogens is 793 g/mol. The number of furan rings is 3. The van der Waals surface area contributed by atoms with E-state index >= 15 is 0 Å². The van der Waals surface area contributed by atoms with Gasteiger partial charge in [-0.25, -0.2) is 0 Å². The molecule has 0 fully saturated rings. The molecule has 3 heterocycles. The third kappa shape index (κ3) is 4.45. The number of hydrogen-bond acceptors (Lipinski definition) is 3. The van der Waals surface area contributed by atoms with Crippen LogP contribution in [0.3, 0.4) is 0 Å². The van der Waals surface area contributed by atoms with Gasteiger partial charge in [-0.3, -0.25) is 0 Å². The van der Waals surface area contributed by atoms with Crippen LogP contribution in [0.15, 0.2) is 183 Å². The van der Waals surface area contributed by atoms with Crippen molar-refractivity contribution in [3.63, 3.8) is 0 Å². The van der Waals surface area contributed by atoms with Gasteiger partial charge >= 0.3 is 0 Å². The van der Waals surface area contributed by atoms with Crippen LogP contribution in [0.5, 0.6) is 0 Å². The summed E-state index contributed by atoms with van der Waals surface area (Å²) in [4.78, 5) is 0. The fraction of sp³-hybridized carbons (Fsp3) is 0.0968. The van der Waals surface area contributed by atoms with E-state index in [1.54, 1.807) is 0 Å². The van der Waals surface area contributed by atoms with Crippen molar-refractivity contribution < 1.29 is 13.3 Å². The number of hydrogen-bond donors (Lipinski definition) is 0. The zero-order valence-electron chi connectivity index (χ0n) is 36.4. The lowest BCUT2D eigenvalue weighted by atomic mass is 9.79. The molecule has 0 radical (unpaired) electrons. The van der Waals surface area contributed by atoms with E-state index in [-0.39, 0.29) is 10.8 Å². The maximum absolute atomic E-state index is 7.02. The highest BCUT2D eigenvalue weighted by Gasteiger charge is 2.41. The van der Waals surface area contributed by atoms with Crippen molar-refractivity contribution >= 4 is 87.4 Å². The second kappa shape index (κ2) is 12.0. The lowest BCUT2D eigenvalue weighted by Gasteiger charge is -2.23. The molecule has 0 N–H and O–H groups in total. The first-order valence-corrected chi connectivity index (χ1v) is 22.7. The minimum absolute atomic E-state index is 0.266. The van der Waals surface area contributed by atoms with Crippen LogP contribution >= 0.6 is 0 Å². The van der Waals surface area contributed by atoms with Gasteiger partial charge in [-0.15, -0.1) is 0 Å². The third-order valence-corrected chi connectivity index (χ3v) is 15.5. The third-order valence-electron chi connectivity index (χ3n) is 15.5. The standard InChI is InChI=1S/C62H40O3/c1-61(2)47-29-43-44-30-48-46(58-36-18-8-6-16-34(36)42(28-50(58)62(48,3)4)38-22-14-26-54-60(38)40-20-10-12-24-52(40)64-54)32-56(44)65-55(43)31-45(47)57-35-17-7-5-15-33(35)41(27-49(57)61)37-21-13-25-53-59(37)39-19-9-11-23-51(39)63-53/h5-32H,1-4H3. The molecule has 3 aromatic heterocycles. The Balaban J connectivity index is 0.931. The highest BCUT2D eigenvalue weighted by Crippen LogP contribution is 2.58. The van der Waals surface area contributed by atoms with Crippen molar-refractivity contribution in [2.75, 3.05) is 0 Å². The van der Waals surface area contributed by atoms with Crippen LogP contribution < -0.4 is 0 Å². The smallest absolute Gasteiger partial charge is 0.136 e. The van der Waals surface area contributed by atoms with E-state index in [4.69, 9.17) is 13.3 Å². The summed E-state index contributed by atoms with van der Waals surface area (Å²) >= 11 is 0. The molecule has 2 aliphatic carbocycles. The molecule has 0 amide bonds. The van der Waals surface area contributed by atoms with Gasteiger partial charge in [0, 0.05) is 43.1 Å². The van der Waals surface area contributed by atoms with Crippen LogP contribution in [0.1, 0.15) is 49.9 Å². The van der Waals surface area contributed by atoms with Gasteiger partial charge in [0.2, 0.25) is 0 Å². The summed E-state index contributed by atoms with van der Waals surface area (Å²) < 4.78 is 19.8. The highest BCUT2D eigenvalue weighted by molar-refractivity contribution is 6.21. The first-order chi connectivity index (χ1) is 31.7. The van der Waals surface area contributed by atoms with Gasteiger partial charge in [-0.2, -0.15) is 0 Å². The maximum atomic E-state index is 7.02. The van der Waals surface area contributed by atoms with Crippen LogP contribution in [0.25, 0.3) is 132 Å². The number of benzene rings is 10. The van der Waals surface area contributed by atoms with Crippen molar-refractivity contribution in [3.8, 4) is 44.5 Å². The summed E-state index contributed by atoms with van der Waals surface area (Å²) in [6.07, 6.45) is 0. The molecule has 0 saturated heterocycles. The molecule has 0 atom stereocenters. The van der Waals surface area contributed by atoms with Gasteiger partial charge in [0.15, 0.2) is 0 Å². The summed E-state index contributed by atoms with van der Waals surface area (Å²) in [5.74, 6) is 0. The van der Waals surface area contributed by atoms with Crippen molar-refractivity contribution in [2.45, 2.75) is 38.5 Å². The summed E-state index contributed by atoms with van der Waals surface area (Å²) in [7, 11) is 0. The molecule has 306 valence electrons. The van der Waals surface area contributed by atoms with E-state index in [1.165, 1.54) is 88.3 Å². The number of rotatable bonds is 2. The van der Waals surface area contributed by atoms with E-state index in [9.17, 15) is 0 Å². The summed E-state index contributed by atoms with van der Waals surface area (Å²) in [6.45, 7) is 9.58. The summed E-state index contributed by atoms with van der Waals surface area (Å²) in [5.41, 5.74) is 20.3. The second-order valence-electron chi connectivity index (χ2n) is 19.5. The van der Waals surface area contributed by atoms with Gasteiger partial charge < -0.3 is 13.3 Å². The van der Waals surface area contributed by atoms with E-state index in [1.807, 2.05) is 12.1 Å². The first-order valence-electron chi connectivity index (χ1n) is 22.7. The Morgan fingerprint density at radius 2 is 0.631 bits per heavy atom. The molecule has 0 spiro atoms. The van der Waals surface area contributed by atoms with Gasteiger partial charge in [0.05, 0.1) is 0 Å². The van der Waals surface area contributed by atoms with E-state index in [0.29, 0.717) is 0 Å². The van der Waals surface area contributed by atoms with Crippen molar-refractivity contribution in [3.05, 3.63) is 192 Å². The zero-order valence-corrected chi connectivity index (χ0v) is 36.4. The van der Waals surface area contributed by atoms with Crippen molar-refractivity contribution in [2.24, 2.45) is 0 Å². The van der Waals surface area contributed by atoms with Crippen LogP contribution in [0.4, 0.5) is 0 Å². The summed E-state index contributed by atoms with van der Waals surface area (Å²) in [5, 5.41) is 11.9. The average molecular weight is 833 g/mol. The van der Waals surface area contributed by atoms with Gasteiger partial charge in [0.1, 0.15) is 33.5 Å². The van der Waals surface area contributed by atoms with Crippen molar-refractivity contribution in [1.29, 1.82) is 0 Å². The van der Waals surface area contributed by atoms with Crippen LogP contribution in [0, 0.1) is 0 Å². The molecule has 13 aromatic rings. The van der Waals surface area contributed by atoms with Crippen LogP contribution in [-0.2, 0) is 10.8 Å². The Hall–Kier alpha value is -7.88. The average Bonchev–Trinajstić information content (AvgIpc) is 4.10. The fourth-order valence-electron chi connectivity index (χ4n) is 12.4. The monoisotopic (exact) mass is 832 g/mol. The fourth-order valence-corrected chi connectivity index (χ4v) is 12.4. The quantitative estimate of drug-likeness (QED) is 0.174. The van der Waals surface area contributed by atoms with E-state index < -0.39 is 0 Å². The maximum Gasteiger partial charge on any atom is 0.136 e. The summed E-state index contributed by atoms with van der Waals surface area (Å²) in [6, 6.07) is 62.1. The second-order valence-corrected chi connectivity index (χ2v) is 19.5. The molecule has 2 aliphatic rings. The largest absolute Gasteiger partial charge is 0.456 e. The molecule has 0 unspecified atom stereocenters. The topological polar surface area (TPSA) is 39.4 Å². The SMILES string of the molecule is CC1(C)c2cc3c(cc2-c2c1cc(-c1cccc4oc5ccccc5c14)c1ccccc21)oc1cc2c(cc13)C(C)(C)c1cc(-c3cccc4oc5ccccc5c34)c3ccccc3c1-2. The van der Waals surface area contributed by atoms with Gasteiger partial charge in [-0.05, 0) is 149 Å². The molecule has 10 aromatic carbocycles.